The van der Waals surface area contributed by atoms with Crippen molar-refractivity contribution in [1.82, 2.24) is 29.1 Å². The first kappa shape index (κ1) is 37.1. The summed E-state index contributed by atoms with van der Waals surface area (Å²) in [5.74, 6) is 1.83. The van der Waals surface area contributed by atoms with Crippen LogP contribution in [0, 0.1) is 0 Å². The van der Waals surface area contributed by atoms with E-state index in [0.29, 0.717) is 0 Å². The summed E-state index contributed by atoms with van der Waals surface area (Å²) in [7, 11) is 0. The molecule has 12 aromatic rings. The Bertz CT molecular complexity index is 3370. The Morgan fingerprint density at radius 3 is 0.859 bits per heavy atom. The van der Waals surface area contributed by atoms with Gasteiger partial charge in [-0.2, -0.15) is 0 Å². The highest BCUT2D eigenvalue weighted by atomic mass is 15.1. The summed E-state index contributed by atoms with van der Waals surface area (Å²) >= 11 is 0. The van der Waals surface area contributed by atoms with Crippen LogP contribution in [0.3, 0.4) is 0 Å². The van der Waals surface area contributed by atoms with Crippen LogP contribution in [0.2, 0.25) is 0 Å². The molecule has 64 heavy (non-hydrogen) atoms. The third-order valence-corrected chi connectivity index (χ3v) is 12.0. The lowest BCUT2D eigenvalue weighted by atomic mass is 9.97. The molecule has 0 saturated heterocycles. The van der Waals surface area contributed by atoms with Gasteiger partial charge in [0.25, 0.3) is 0 Å². The van der Waals surface area contributed by atoms with Gasteiger partial charge in [-0.1, -0.05) is 170 Å². The Morgan fingerprint density at radius 1 is 0.219 bits per heavy atom. The molecule has 9 aromatic carbocycles. The van der Waals surface area contributed by atoms with Gasteiger partial charge < -0.3 is 0 Å². The molecular formula is C58H38N6. The van der Waals surface area contributed by atoms with Gasteiger partial charge in [-0.05, 0) is 82.9 Å². The molecule has 6 nitrogen and oxygen atoms in total. The molecule has 6 heteroatoms. The molecule has 0 saturated carbocycles. The summed E-state index contributed by atoms with van der Waals surface area (Å²) in [5, 5.41) is 0. The maximum absolute atomic E-state index is 5.20. The van der Waals surface area contributed by atoms with Crippen LogP contribution in [0.4, 0.5) is 0 Å². The van der Waals surface area contributed by atoms with Gasteiger partial charge in [0.05, 0.1) is 44.5 Å². The van der Waals surface area contributed by atoms with Crippen molar-refractivity contribution in [2.45, 2.75) is 0 Å². The number of nitrogens with zero attached hydrogens (tertiary/aromatic N) is 6. The van der Waals surface area contributed by atoms with E-state index in [9.17, 15) is 0 Å². The van der Waals surface area contributed by atoms with E-state index < -0.39 is 0 Å². The summed E-state index contributed by atoms with van der Waals surface area (Å²) in [5.41, 5.74) is 18.3. The number of fused-ring (bicyclic) bond motifs is 3. The zero-order valence-corrected chi connectivity index (χ0v) is 34.6. The highest BCUT2D eigenvalue weighted by molar-refractivity contribution is 5.89. The average molecular weight is 819 g/mol. The minimum absolute atomic E-state index is 0.846. The summed E-state index contributed by atoms with van der Waals surface area (Å²) in [4.78, 5) is 20.5. The van der Waals surface area contributed by atoms with E-state index in [1.165, 1.54) is 0 Å². The van der Waals surface area contributed by atoms with Crippen molar-refractivity contribution >= 4 is 33.1 Å². The third kappa shape index (κ3) is 6.62. The second kappa shape index (κ2) is 15.6. The normalized spacial score (nSPS) is 11.4. The monoisotopic (exact) mass is 818 g/mol. The zero-order valence-electron chi connectivity index (χ0n) is 34.6. The lowest BCUT2D eigenvalue weighted by Crippen LogP contribution is -1.97. The van der Waals surface area contributed by atoms with Crippen LogP contribution in [-0.4, -0.2) is 29.1 Å². The molecule has 0 aliphatic heterocycles. The van der Waals surface area contributed by atoms with Gasteiger partial charge in [0.1, 0.15) is 11.6 Å². The lowest BCUT2D eigenvalue weighted by molar-refractivity contribution is 1.10. The van der Waals surface area contributed by atoms with Gasteiger partial charge in [-0.15, -0.1) is 0 Å². The van der Waals surface area contributed by atoms with Crippen LogP contribution in [0.1, 0.15) is 0 Å². The van der Waals surface area contributed by atoms with E-state index in [1.54, 1.807) is 0 Å². The van der Waals surface area contributed by atoms with E-state index in [4.69, 9.17) is 19.9 Å². The highest BCUT2D eigenvalue weighted by Gasteiger charge is 2.18. The van der Waals surface area contributed by atoms with Crippen molar-refractivity contribution in [2.75, 3.05) is 0 Å². The molecule has 0 atom stereocenters. The zero-order chi connectivity index (χ0) is 42.4. The van der Waals surface area contributed by atoms with Crippen LogP contribution in [0.25, 0.3) is 112 Å². The molecule has 12 rings (SSSR count). The van der Waals surface area contributed by atoms with Gasteiger partial charge in [-0.25, -0.2) is 19.9 Å². The Kier molecular flexibility index (Phi) is 9.05. The van der Waals surface area contributed by atoms with Crippen LogP contribution >= 0.6 is 0 Å². The predicted octanol–water partition coefficient (Wildman–Crippen LogP) is 14.3. The summed E-state index contributed by atoms with van der Waals surface area (Å²) in [6.45, 7) is 0. The quantitative estimate of drug-likeness (QED) is 0.153. The highest BCUT2D eigenvalue weighted by Crippen LogP contribution is 2.36. The molecule has 3 aromatic heterocycles. The van der Waals surface area contributed by atoms with Crippen LogP contribution in [0.15, 0.2) is 231 Å². The van der Waals surface area contributed by atoms with Crippen molar-refractivity contribution in [1.29, 1.82) is 0 Å². The maximum Gasteiger partial charge on any atom is 0.145 e. The molecule has 0 fully saturated rings. The second-order valence-corrected chi connectivity index (χ2v) is 15.9. The van der Waals surface area contributed by atoms with E-state index in [2.05, 4.69) is 191 Å². The largest absolute Gasteiger partial charge is 0.292 e. The summed E-state index contributed by atoms with van der Waals surface area (Å²) in [6, 6.07) is 80.2. The number of hydrogen-bond donors (Lipinski definition) is 0. The number of benzene rings is 9. The van der Waals surface area contributed by atoms with E-state index in [1.807, 2.05) is 48.5 Å². The summed E-state index contributed by atoms with van der Waals surface area (Å²) < 4.78 is 4.47. The Morgan fingerprint density at radius 2 is 0.500 bits per heavy atom. The van der Waals surface area contributed by atoms with Crippen molar-refractivity contribution in [3.05, 3.63) is 231 Å². The van der Waals surface area contributed by atoms with Crippen LogP contribution in [-0.2, 0) is 0 Å². The van der Waals surface area contributed by atoms with Crippen molar-refractivity contribution in [3.63, 3.8) is 0 Å². The molecule has 0 spiro atoms. The molecular weight excluding hydrogens is 781 g/mol. The number of rotatable bonds is 8. The standard InChI is InChI=1S/C58H38N6/c1-3-13-47(14-4-1)63-53-21-11-9-19-51(53)61-57(63)45-35-27-41(28-36-45)39-23-31-43(32-24-39)55-56(60-50-18-8-7-17-49(50)59-55)44-33-25-40(26-34-44)42-29-37-46(38-30-42)58-62-52-20-10-12-22-54(52)64(58)48-15-5-2-6-16-48/h1-38H. The molecule has 0 amide bonds. The number of aromatic nitrogens is 6. The molecule has 0 bridgehead atoms. The van der Waals surface area contributed by atoms with Crippen molar-refractivity contribution in [2.24, 2.45) is 0 Å². The fourth-order valence-corrected chi connectivity index (χ4v) is 8.78. The second-order valence-electron chi connectivity index (χ2n) is 15.9. The van der Waals surface area contributed by atoms with Gasteiger partial charge in [-0.3, -0.25) is 9.13 Å². The molecule has 0 radical (unpaired) electrons. The fourth-order valence-electron chi connectivity index (χ4n) is 8.78. The Hall–Kier alpha value is -8.74. The van der Waals surface area contributed by atoms with Gasteiger partial charge in [0, 0.05) is 33.6 Å². The molecule has 300 valence electrons. The predicted molar refractivity (Wildman–Crippen MR) is 261 cm³/mol. The molecule has 0 unspecified atom stereocenters. The van der Waals surface area contributed by atoms with Crippen LogP contribution in [0.5, 0.6) is 0 Å². The van der Waals surface area contributed by atoms with Crippen molar-refractivity contribution < 1.29 is 0 Å². The lowest BCUT2D eigenvalue weighted by Gasteiger charge is -2.13. The fraction of sp³-hybridized carbons (Fsp3) is 0. The number of hydrogen-bond acceptors (Lipinski definition) is 4. The minimum atomic E-state index is 0.846. The van der Waals surface area contributed by atoms with Gasteiger partial charge in [0.2, 0.25) is 0 Å². The first-order valence-electron chi connectivity index (χ1n) is 21.5. The summed E-state index contributed by atoms with van der Waals surface area (Å²) in [6.07, 6.45) is 0. The molecule has 0 N–H and O–H groups in total. The molecule has 0 aliphatic rings. The molecule has 3 heterocycles. The number of para-hydroxylation sites is 8. The van der Waals surface area contributed by atoms with E-state index in [0.717, 1.165) is 112 Å². The maximum atomic E-state index is 5.20. The number of imidazole rings is 2. The van der Waals surface area contributed by atoms with E-state index in [-0.39, 0.29) is 0 Å². The SMILES string of the molecule is c1ccc(-n2c(-c3ccc(-c4ccc(-c5nc6ccccc6nc5-c5ccc(-c6ccc(-c7nc8ccccc8n7-c7ccccc7)cc6)cc5)cc4)cc3)nc3ccccc32)cc1. The minimum Gasteiger partial charge on any atom is -0.292 e. The Balaban J connectivity index is 0.840. The third-order valence-electron chi connectivity index (χ3n) is 12.0. The molecule has 0 aliphatic carbocycles. The van der Waals surface area contributed by atoms with Gasteiger partial charge >= 0.3 is 0 Å². The van der Waals surface area contributed by atoms with Crippen LogP contribution < -0.4 is 0 Å². The van der Waals surface area contributed by atoms with Crippen molar-refractivity contribution in [3.8, 4) is 78.9 Å². The first-order chi connectivity index (χ1) is 31.7. The first-order valence-corrected chi connectivity index (χ1v) is 21.5. The Labute approximate surface area is 370 Å². The average Bonchev–Trinajstić information content (AvgIpc) is 3.97. The smallest absolute Gasteiger partial charge is 0.145 e. The van der Waals surface area contributed by atoms with Gasteiger partial charge in [0.15, 0.2) is 0 Å². The topological polar surface area (TPSA) is 61.4 Å². The van der Waals surface area contributed by atoms with E-state index >= 15 is 0 Å².